The predicted octanol–water partition coefficient (Wildman–Crippen LogP) is 0.467. The average molecular weight is 368 g/mol. The van der Waals surface area contributed by atoms with E-state index in [9.17, 15) is 9.59 Å². The van der Waals surface area contributed by atoms with E-state index in [4.69, 9.17) is 9.84 Å². The molecule has 1 aliphatic rings. The zero-order valence-corrected chi connectivity index (χ0v) is 14.4. The minimum absolute atomic E-state index is 0.00378. The second kappa shape index (κ2) is 6.74. The van der Waals surface area contributed by atoms with E-state index < -0.39 is 5.56 Å². The van der Waals surface area contributed by atoms with Crippen molar-refractivity contribution in [1.29, 1.82) is 0 Å². The molecule has 3 heterocycles. The minimum atomic E-state index is -0.469. The van der Waals surface area contributed by atoms with E-state index >= 15 is 0 Å². The summed E-state index contributed by atoms with van der Waals surface area (Å²) in [4.78, 5) is 39.7. The Hall–Kier alpha value is -3.37. The number of nitrogens with one attached hydrogen (secondary N) is 2. The van der Waals surface area contributed by atoms with Crippen molar-refractivity contribution in [2.45, 2.75) is 13.7 Å². The monoisotopic (exact) mass is 368 g/mol. The highest BCUT2D eigenvalue weighted by molar-refractivity contribution is 6.54. The van der Waals surface area contributed by atoms with Gasteiger partial charge in [0.25, 0.3) is 11.5 Å². The summed E-state index contributed by atoms with van der Waals surface area (Å²) >= 11 is 0. The van der Waals surface area contributed by atoms with Crippen LogP contribution in [-0.2, 0) is 16.3 Å². The third kappa shape index (κ3) is 3.11. The Labute approximate surface area is 152 Å². The number of aliphatic hydroxyl groups is 1. The van der Waals surface area contributed by atoms with Gasteiger partial charge in [-0.25, -0.2) is 9.98 Å². The van der Waals surface area contributed by atoms with Crippen LogP contribution in [0.4, 0.5) is 11.6 Å². The molecule has 4 rings (SSSR count). The van der Waals surface area contributed by atoms with Crippen LogP contribution in [-0.4, -0.2) is 49.5 Å². The highest BCUT2D eigenvalue weighted by atomic mass is 16.5. The van der Waals surface area contributed by atoms with Crippen LogP contribution < -0.4 is 10.9 Å². The van der Waals surface area contributed by atoms with Crippen LogP contribution in [0.1, 0.15) is 11.1 Å². The Bertz CT molecular complexity index is 1130. The lowest BCUT2D eigenvalue weighted by atomic mass is 10.1. The van der Waals surface area contributed by atoms with Gasteiger partial charge in [0.05, 0.1) is 25.2 Å². The summed E-state index contributed by atoms with van der Waals surface area (Å²) in [6.07, 6.45) is 1.42. The fourth-order valence-corrected chi connectivity index (χ4v) is 2.80. The van der Waals surface area contributed by atoms with Gasteiger partial charge >= 0.3 is 0 Å². The van der Waals surface area contributed by atoms with Crippen molar-refractivity contribution in [1.82, 2.24) is 19.5 Å². The predicted molar refractivity (Wildman–Crippen MR) is 97.2 cm³/mol. The highest BCUT2D eigenvalue weighted by Gasteiger charge is 2.26. The third-order valence-corrected chi connectivity index (χ3v) is 4.04. The quantitative estimate of drug-likeness (QED) is 0.560. The van der Waals surface area contributed by atoms with Gasteiger partial charge in [-0.2, -0.15) is 4.98 Å². The number of imidazole rings is 1. The summed E-state index contributed by atoms with van der Waals surface area (Å²) in [5.41, 5.74) is 2.42. The molecule has 1 aromatic carbocycles. The van der Waals surface area contributed by atoms with E-state index in [-0.39, 0.29) is 48.7 Å². The Morgan fingerprint density at radius 2 is 2.19 bits per heavy atom. The molecule has 0 spiro atoms. The number of hydrogen-bond acceptors (Lipinski definition) is 7. The maximum absolute atomic E-state index is 12.3. The number of aromatic nitrogens is 4. The summed E-state index contributed by atoms with van der Waals surface area (Å²) in [5, 5.41) is 11.5. The van der Waals surface area contributed by atoms with Gasteiger partial charge in [-0.15, -0.1) is 0 Å². The molecule has 0 aliphatic carbocycles. The molecule has 0 saturated heterocycles. The number of rotatable bonds is 5. The van der Waals surface area contributed by atoms with Gasteiger partial charge in [0.15, 0.2) is 11.2 Å². The molecule has 3 N–H and O–H groups in total. The van der Waals surface area contributed by atoms with E-state index in [1.807, 2.05) is 19.1 Å². The molecule has 0 atom stereocenters. The number of fused-ring (bicyclic) bond motifs is 2. The van der Waals surface area contributed by atoms with E-state index in [2.05, 4.69) is 25.3 Å². The van der Waals surface area contributed by atoms with Gasteiger partial charge in [-0.3, -0.25) is 19.1 Å². The number of amides is 1. The second-order valence-electron chi connectivity index (χ2n) is 6.00. The van der Waals surface area contributed by atoms with Crippen LogP contribution in [0.2, 0.25) is 0 Å². The number of aryl methyl sites for hydroxylation is 1. The molecular weight excluding hydrogens is 352 g/mol. The topological polar surface area (TPSA) is 134 Å². The van der Waals surface area contributed by atoms with Crippen LogP contribution in [0, 0.1) is 6.92 Å². The van der Waals surface area contributed by atoms with Crippen molar-refractivity contribution in [3.8, 4) is 0 Å². The fourth-order valence-electron chi connectivity index (χ4n) is 2.80. The number of H-pyrrole nitrogens is 1. The number of aromatic amines is 1. The van der Waals surface area contributed by atoms with Crippen LogP contribution in [0.5, 0.6) is 0 Å². The second-order valence-corrected chi connectivity index (χ2v) is 6.00. The Morgan fingerprint density at radius 1 is 1.33 bits per heavy atom. The number of aliphatic hydroxyl groups excluding tert-OH is 1. The summed E-state index contributed by atoms with van der Waals surface area (Å²) in [6, 6.07) is 5.53. The molecule has 0 bridgehead atoms. The van der Waals surface area contributed by atoms with Crippen LogP contribution in [0.25, 0.3) is 11.2 Å². The van der Waals surface area contributed by atoms with Gasteiger partial charge in [-0.05, 0) is 19.1 Å². The maximum atomic E-state index is 12.3. The Morgan fingerprint density at radius 3 is 3.00 bits per heavy atom. The summed E-state index contributed by atoms with van der Waals surface area (Å²) in [6.45, 7) is 2.02. The lowest BCUT2D eigenvalue weighted by Crippen LogP contribution is -2.15. The largest absolute Gasteiger partial charge is 0.394 e. The number of benzene rings is 1. The molecule has 0 saturated carbocycles. The van der Waals surface area contributed by atoms with E-state index in [1.54, 1.807) is 6.07 Å². The van der Waals surface area contributed by atoms with Crippen molar-refractivity contribution in [2.24, 2.45) is 4.99 Å². The number of carbonyl (C=O) groups is 1. The zero-order chi connectivity index (χ0) is 19.0. The van der Waals surface area contributed by atoms with Crippen LogP contribution in [0.3, 0.4) is 0 Å². The summed E-state index contributed by atoms with van der Waals surface area (Å²) in [7, 11) is 0. The van der Waals surface area contributed by atoms with E-state index in [1.165, 1.54) is 10.9 Å². The lowest BCUT2D eigenvalue weighted by Gasteiger charge is -2.04. The fraction of sp³-hybridized carbons (Fsp3) is 0.235. The van der Waals surface area contributed by atoms with Gasteiger partial charge in [0.1, 0.15) is 12.4 Å². The first-order valence-electron chi connectivity index (χ1n) is 8.21. The smallest absolute Gasteiger partial charge is 0.280 e. The number of carbonyl (C=O) groups excluding carboxylic acids is 1. The number of nitrogens with zero attached hydrogens (tertiary/aromatic N) is 4. The van der Waals surface area contributed by atoms with Crippen LogP contribution in [0.15, 0.2) is 34.3 Å². The minimum Gasteiger partial charge on any atom is -0.394 e. The molecule has 1 amide bonds. The SMILES string of the molecule is Cc1ccc2c(c1)C(=Nc1nc3c(ncn3COCCO)c(=O)[nH]1)C(=O)N2. The average Bonchev–Trinajstić information content (AvgIpc) is 3.17. The maximum Gasteiger partial charge on any atom is 0.280 e. The molecule has 0 radical (unpaired) electrons. The van der Waals surface area contributed by atoms with Crippen molar-refractivity contribution in [2.75, 3.05) is 18.5 Å². The first-order valence-corrected chi connectivity index (χ1v) is 8.21. The zero-order valence-electron chi connectivity index (χ0n) is 14.4. The normalized spacial score (nSPS) is 14.7. The highest BCUT2D eigenvalue weighted by Crippen LogP contribution is 2.25. The number of aliphatic imine (C=N–C) groups is 1. The molecule has 138 valence electrons. The first kappa shape index (κ1) is 17.1. The van der Waals surface area contributed by atoms with Gasteiger partial charge < -0.3 is 15.2 Å². The molecule has 3 aromatic rings. The number of ether oxygens (including phenoxy) is 1. The van der Waals surface area contributed by atoms with Gasteiger partial charge in [-0.1, -0.05) is 11.6 Å². The van der Waals surface area contributed by atoms with Crippen LogP contribution >= 0.6 is 0 Å². The van der Waals surface area contributed by atoms with Gasteiger partial charge in [0, 0.05) is 5.56 Å². The van der Waals surface area contributed by atoms with Crippen molar-refractivity contribution >= 4 is 34.4 Å². The summed E-state index contributed by atoms with van der Waals surface area (Å²) < 4.78 is 6.77. The molecule has 1 aliphatic heterocycles. The lowest BCUT2D eigenvalue weighted by molar-refractivity contribution is -0.110. The standard InChI is InChI=1S/C17H16N6O4/c1-9-2-3-11-10(6-9)12(15(25)19-11)20-17-21-14-13(16(26)22-17)18-7-23(14)8-27-5-4-24/h2-3,6-7,24H,4-5,8H2,1H3,(H2,19,20,21,22,25,26). The van der Waals surface area contributed by atoms with Crippen molar-refractivity contribution in [3.63, 3.8) is 0 Å². The molecule has 2 aromatic heterocycles. The third-order valence-electron chi connectivity index (χ3n) is 4.04. The van der Waals surface area contributed by atoms with Crippen molar-refractivity contribution in [3.05, 3.63) is 46.0 Å². The number of anilines is 1. The molecule has 27 heavy (non-hydrogen) atoms. The Balaban J connectivity index is 1.77. The molecular formula is C17H16N6O4. The molecule has 0 unspecified atom stereocenters. The van der Waals surface area contributed by atoms with E-state index in [0.29, 0.717) is 11.3 Å². The molecule has 10 nitrogen and oxygen atoms in total. The van der Waals surface area contributed by atoms with Gasteiger partial charge in [0.2, 0.25) is 5.95 Å². The van der Waals surface area contributed by atoms with E-state index in [0.717, 1.165) is 5.56 Å². The first-order chi connectivity index (χ1) is 13.1. The Kier molecular flexibility index (Phi) is 4.26. The van der Waals surface area contributed by atoms with Crippen molar-refractivity contribution < 1.29 is 14.6 Å². The molecule has 10 heteroatoms. The summed E-state index contributed by atoms with van der Waals surface area (Å²) in [5.74, 6) is -0.367. The number of hydrogen-bond donors (Lipinski definition) is 3. The molecule has 0 fully saturated rings.